The highest BCUT2D eigenvalue weighted by molar-refractivity contribution is 7.89. The Hall–Kier alpha value is -2.54. The zero-order chi connectivity index (χ0) is 22.3. The quantitative estimate of drug-likeness (QED) is 0.664. The number of carbonyl (C=O) groups excluding carboxylic acids is 1. The van der Waals surface area contributed by atoms with E-state index in [1.807, 2.05) is 0 Å². The van der Waals surface area contributed by atoms with Crippen molar-refractivity contribution in [3.8, 4) is 0 Å². The lowest BCUT2D eigenvalue weighted by atomic mass is 10.1. The SMILES string of the molecule is O=C(c1ccco1)N1CCN(S(=O)(=O)c2cc(C(F)(F)F)cc(C(F)(F)F)c2)CC1. The van der Waals surface area contributed by atoms with Gasteiger partial charge in [-0.3, -0.25) is 4.79 Å². The first-order valence-electron chi connectivity index (χ1n) is 8.42. The molecule has 164 valence electrons. The fraction of sp³-hybridized carbons (Fsp3) is 0.353. The van der Waals surface area contributed by atoms with E-state index in [1.54, 1.807) is 0 Å². The maximum Gasteiger partial charge on any atom is 0.416 e. The third-order valence-electron chi connectivity index (χ3n) is 4.46. The van der Waals surface area contributed by atoms with Gasteiger partial charge in [-0.1, -0.05) is 0 Å². The van der Waals surface area contributed by atoms with Crippen LogP contribution in [-0.4, -0.2) is 49.7 Å². The van der Waals surface area contributed by atoms with Crippen molar-refractivity contribution in [2.75, 3.05) is 26.2 Å². The molecule has 0 bridgehead atoms. The third-order valence-corrected chi connectivity index (χ3v) is 6.33. The minimum Gasteiger partial charge on any atom is -0.459 e. The van der Waals surface area contributed by atoms with E-state index in [0.717, 1.165) is 4.31 Å². The number of sulfonamides is 1. The molecule has 2 aromatic rings. The van der Waals surface area contributed by atoms with Gasteiger partial charge in [0.1, 0.15) is 0 Å². The first-order chi connectivity index (χ1) is 13.8. The Morgan fingerprint density at radius 2 is 1.43 bits per heavy atom. The van der Waals surface area contributed by atoms with Crippen LogP contribution in [0, 0.1) is 0 Å². The van der Waals surface area contributed by atoms with E-state index in [1.165, 1.54) is 23.3 Å². The van der Waals surface area contributed by atoms with Gasteiger partial charge in [-0.05, 0) is 30.3 Å². The number of alkyl halides is 6. The average Bonchev–Trinajstić information content (AvgIpc) is 3.20. The second-order valence-corrected chi connectivity index (χ2v) is 8.35. The average molecular weight is 456 g/mol. The Morgan fingerprint density at radius 1 is 0.900 bits per heavy atom. The second-order valence-electron chi connectivity index (χ2n) is 6.42. The summed E-state index contributed by atoms with van der Waals surface area (Å²) in [6.45, 7) is -0.813. The van der Waals surface area contributed by atoms with Gasteiger partial charge in [0.2, 0.25) is 10.0 Å². The molecule has 0 aliphatic carbocycles. The van der Waals surface area contributed by atoms with Gasteiger partial charge in [0.05, 0.1) is 22.3 Å². The number of furan rings is 1. The molecule has 0 atom stereocenters. The molecule has 0 saturated carbocycles. The van der Waals surface area contributed by atoms with Crippen LogP contribution in [-0.2, 0) is 22.4 Å². The van der Waals surface area contributed by atoms with Gasteiger partial charge in [0.15, 0.2) is 5.76 Å². The fourth-order valence-corrected chi connectivity index (χ4v) is 4.41. The van der Waals surface area contributed by atoms with Crippen LogP contribution in [0.15, 0.2) is 45.9 Å². The van der Waals surface area contributed by atoms with Crippen LogP contribution in [0.4, 0.5) is 26.3 Å². The van der Waals surface area contributed by atoms with Crippen molar-refractivity contribution >= 4 is 15.9 Å². The zero-order valence-electron chi connectivity index (χ0n) is 15.0. The fourth-order valence-electron chi connectivity index (χ4n) is 2.91. The van der Waals surface area contributed by atoms with Crippen LogP contribution in [0.5, 0.6) is 0 Å². The summed E-state index contributed by atoms with van der Waals surface area (Å²) in [5, 5.41) is 0. The summed E-state index contributed by atoms with van der Waals surface area (Å²) in [6.07, 6.45) is -9.06. The molecule has 1 aliphatic heterocycles. The maximum atomic E-state index is 13.0. The second kappa shape index (κ2) is 7.61. The van der Waals surface area contributed by atoms with Crippen LogP contribution in [0.25, 0.3) is 0 Å². The maximum absolute atomic E-state index is 13.0. The monoisotopic (exact) mass is 456 g/mol. The number of nitrogens with zero attached hydrogens (tertiary/aromatic N) is 2. The molecule has 0 unspecified atom stereocenters. The normalized spacial score (nSPS) is 16.7. The van der Waals surface area contributed by atoms with Gasteiger partial charge in [-0.25, -0.2) is 8.42 Å². The van der Waals surface area contributed by atoms with Crippen molar-refractivity contribution in [3.05, 3.63) is 53.5 Å². The highest BCUT2D eigenvalue weighted by Gasteiger charge is 2.39. The predicted molar refractivity (Wildman–Crippen MR) is 89.8 cm³/mol. The molecule has 1 amide bonds. The van der Waals surface area contributed by atoms with Crippen molar-refractivity contribution < 1.29 is 44.0 Å². The minimum atomic E-state index is -5.17. The summed E-state index contributed by atoms with van der Waals surface area (Å²) < 4.78 is 109. The Morgan fingerprint density at radius 3 is 1.87 bits per heavy atom. The van der Waals surface area contributed by atoms with E-state index < -0.39 is 44.3 Å². The number of benzene rings is 1. The molecule has 2 heterocycles. The first-order valence-corrected chi connectivity index (χ1v) is 9.86. The van der Waals surface area contributed by atoms with Gasteiger partial charge in [0.25, 0.3) is 5.91 Å². The van der Waals surface area contributed by atoms with Crippen molar-refractivity contribution in [2.24, 2.45) is 0 Å². The lowest BCUT2D eigenvalue weighted by Gasteiger charge is -2.33. The Kier molecular flexibility index (Phi) is 5.62. The molecule has 1 aromatic carbocycles. The van der Waals surface area contributed by atoms with Gasteiger partial charge >= 0.3 is 12.4 Å². The smallest absolute Gasteiger partial charge is 0.416 e. The molecule has 3 rings (SSSR count). The predicted octanol–water partition coefficient (Wildman–Crippen LogP) is 3.46. The van der Waals surface area contributed by atoms with E-state index in [4.69, 9.17) is 4.42 Å². The number of hydrogen-bond acceptors (Lipinski definition) is 4. The van der Waals surface area contributed by atoms with E-state index in [0.29, 0.717) is 0 Å². The highest BCUT2D eigenvalue weighted by Crippen LogP contribution is 2.37. The molecule has 1 saturated heterocycles. The minimum absolute atomic E-state index is 0.0269. The zero-order valence-corrected chi connectivity index (χ0v) is 15.8. The highest BCUT2D eigenvalue weighted by atomic mass is 32.2. The summed E-state index contributed by atoms with van der Waals surface area (Å²) in [5.41, 5.74) is -3.44. The number of halogens is 6. The number of carbonyl (C=O) groups is 1. The standard InChI is InChI=1S/C17H14F6N2O4S/c18-16(19,20)11-8-12(17(21,22)23)10-13(9-11)30(27,28)25-5-3-24(4-6-25)15(26)14-2-1-7-29-14/h1-2,7-10H,3-6H2. The van der Waals surface area contributed by atoms with Gasteiger partial charge in [-0.15, -0.1) is 0 Å². The van der Waals surface area contributed by atoms with E-state index in [2.05, 4.69) is 0 Å². The Labute approximate surface area is 166 Å². The number of amides is 1. The van der Waals surface area contributed by atoms with Crippen molar-refractivity contribution in [1.82, 2.24) is 9.21 Å². The van der Waals surface area contributed by atoms with Gasteiger partial charge in [0, 0.05) is 26.2 Å². The van der Waals surface area contributed by atoms with Crippen molar-refractivity contribution in [3.63, 3.8) is 0 Å². The lowest BCUT2D eigenvalue weighted by molar-refractivity contribution is -0.143. The molecule has 0 radical (unpaired) electrons. The largest absolute Gasteiger partial charge is 0.459 e. The molecular formula is C17H14F6N2O4S. The molecular weight excluding hydrogens is 442 g/mol. The third kappa shape index (κ3) is 4.46. The molecule has 1 aromatic heterocycles. The van der Waals surface area contributed by atoms with E-state index in [9.17, 15) is 39.6 Å². The Balaban J connectivity index is 1.86. The molecule has 1 aliphatic rings. The summed E-state index contributed by atoms with van der Waals surface area (Å²) in [6, 6.07) is 3.10. The summed E-state index contributed by atoms with van der Waals surface area (Å²) in [5.74, 6) is -0.477. The molecule has 13 heteroatoms. The van der Waals surface area contributed by atoms with Gasteiger partial charge in [-0.2, -0.15) is 30.6 Å². The van der Waals surface area contributed by atoms with Crippen LogP contribution < -0.4 is 0 Å². The van der Waals surface area contributed by atoms with Gasteiger partial charge < -0.3 is 9.32 Å². The molecule has 0 N–H and O–H groups in total. The summed E-state index contributed by atoms with van der Waals surface area (Å²) in [4.78, 5) is 12.4. The van der Waals surface area contributed by atoms with Crippen LogP contribution in [0.2, 0.25) is 0 Å². The number of piperazine rings is 1. The molecule has 30 heavy (non-hydrogen) atoms. The van der Waals surface area contributed by atoms with Crippen LogP contribution in [0.1, 0.15) is 21.7 Å². The molecule has 1 fully saturated rings. The number of rotatable bonds is 3. The summed E-state index contributed by atoms with van der Waals surface area (Å²) >= 11 is 0. The van der Waals surface area contributed by atoms with Crippen molar-refractivity contribution in [2.45, 2.75) is 17.2 Å². The van der Waals surface area contributed by atoms with Crippen LogP contribution >= 0.6 is 0 Å². The summed E-state index contributed by atoms with van der Waals surface area (Å²) in [7, 11) is -4.66. The van der Waals surface area contributed by atoms with E-state index >= 15 is 0 Å². The molecule has 0 spiro atoms. The van der Waals surface area contributed by atoms with E-state index in [-0.39, 0.29) is 50.1 Å². The van der Waals surface area contributed by atoms with Crippen LogP contribution in [0.3, 0.4) is 0 Å². The molecule has 6 nitrogen and oxygen atoms in total. The Bertz CT molecular complexity index is 991. The topological polar surface area (TPSA) is 70.8 Å². The van der Waals surface area contributed by atoms with Crippen molar-refractivity contribution in [1.29, 1.82) is 0 Å². The number of hydrogen-bond donors (Lipinski definition) is 0. The lowest BCUT2D eigenvalue weighted by Crippen LogP contribution is -2.50. The first kappa shape index (κ1) is 22.2.